The maximum atomic E-state index is 4.57. The highest BCUT2D eigenvalue weighted by molar-refractivity contribution is 7.92. The minimum atomic E-state index is 0.729. The van der Waals surface area contributed by atoms with E-state index >= 15 is 0 Å². The quantitative estimate of drug-likeness (QED) is 0.565. The summed E-state index contributed by atoms with van der Waals surface area (Å²) in [4.78, 5) is 0.971. The van der Waals surface area contributed by atoms with Crippen LogP contribution in [0.15, 0.2) is 23.6 Å². The number of aryl methyl sites for hydroxylation is 2. The Labute approximate surface area is 135 Å². The van der Waals surface area contributed by atoms with Crippen molar-refractivity contribution in [2.45, 2.75) is 53.4 Å². The van der Waals surface area contributed by atoms with E-state index in [1.54, 1.807) is 5.41 Å². The van der Waals surface area contributed by atoms with Crippen LogP contribution in [-0.4, -0.2) is 0 Å². The highest BCUT2D eigenvalue weighted by atomic mass is 32.1. The number of rotatable bonds is 7. The number of hydrogen-bond acceptors (Lipinski definition) is 2. The minimum absolute atomic E-state index is 0.729. The Balaban J connectivity index is 2.94. The van der Waals surface area contributed by atoms with Gasteiger partial charge in [0.05, 0.1) is 0 Å². The molecule has 1 rings (SSSR count). The van der Waals surface area contributed by atoms with Gasteiger partial charge in [0, 0.05) is 4.91 Å². The molecule has 0 aliphatic heterocycles. The molecule has 0 bridgehead atoms. The number of thiol groups is 2. The maximum absolute atomic E-state index is 4.57. The highest BCUT2D eigenvalue weighted by Crippen LogP contribution is 2.27. The van der Waals surface area contributed by atoms with Gasteiger partial charge in [0.15, 0.2) is 0 Å². The lowest BCUT2D eigenvalue weighted by molar-refractivity contribution is 0.583. The van der Waals surface area contributed by atoms with Crippen LogP contribution < -0.4 is 0 Å². The van der Waals surface area contributed by atoms with Crippen LogP contribution in [0.5, 0.6) is 0 Å². The minimum Gasteiger partial charge on any atom is -0.150 e. The lowest BCUT2D eigenvalue weighted by Crippen LogP contribution is -1.99. The Morgan fingerprint density at radius 3 is 2.20 bits per heavy atom. The highest BCUT2D eigenvalue weighted by Gasteiger charge is 2.08. The first-order valence-corrected chi connectivity index (χ1v) is 8.56. The maximum Gasteiger partial charge on any atom is 0.0176 e. The van der Waals surface area contributed by atoms with E-state index < -0.39 is 0 Å². The third kappa shape index (κ3) is 5.97. The van der Waals surface area contributed by atoms with Crippen LogP contribution in [0.3, 0.4) is 0 Å². The topological polar surface area (TPSA) is 0 Å². The molecule has 1 aromatic rings. The van der Waals surface area contributed by atoms with Crippen LogP contribution in [0.25, 0.3) is 4.91 Å². The molecule has 0 amide bonds. The molecule has 0 nitrogen and oxygen atoms in total. The second kappa shape index (κ2) is 8.84. The smallest absolute Gasteiger partial charge is 0.0176 e. The van der Waals surface area contributed by atoms with Crippen LogP contribution in [0, 0.1) is 11.8 Å². The van der Waals surface area contributed by atoms with E-state index in [2.05, 4.69) is 71.2 Å². The summed E-state index contributed by atoms with van der Waals surface area (Å²) >= 11 is 8.84. The van der Waals surface area contributed by atoms with Gasteiger partial charge in [0.1, 0.15) is 0 Å². The predicted octanol–water partition coefficient (Wildman–Crippen LogP) is 6.02. The Hall–Kier alpha value is -0.340. The molecule has 1 aromatic carbocycles. The van der Waals surface area contributed by atoms with Gasteiger partial charge in [-0.15, -0.1) is 12.6 Å². The standard InChI is InChI=1S/C18H28S2/c1-13(2)5-7-15-8-10-16(9-6-14(3)4)17(11-15)18(20)12-19/h8,10-14,19-20H,5-7,9H2,1-4H3/b18-12-. The van der Waals surface area contributed by atoms with Crippen LogP contribution in [-0.2, 0) is 12.8 Å². The molecule has 0 spiro atoms. The summed E-state index contributed by atoms with van der Waals surface area (Å²) in [6.45, 7) is 9.09. The fourth-order valence-electron chi connectivity index (χ4n) is 2.20. The van der Waals surface area contributed by atoms with Gasteiger partial charge in [-0.05, 0) is 59.6 Å². The zero-order chi connectivity index (χ0) is 15.1. The normalized spacial score (nSPS) is 12.5. The van der Waals surface area contributed by atoms with Crippen molar-refractivity contribution < 1.29 is 0 Å². The van der Waals surface area contributed by atoms with Crippen LogP contribution in [0.2, 0.25) is 0 Å². The summed E-state index contributed by atoms with van der Waals surface area (Å²) in [6, 6.07) is 6.86. The van der Waals surface area contributed by atoms with Gasteiger partial charge in [-0.2, -0.15) is 12.6 Å². The Kier molecular flexibility index (Phi) is 7.83. The van der Waals surface area contributed by atoms with E-state index in [9.17, 15) is 0 Å². The molecule has 0 unspecified atom stereocenters. The molecule has 0 radical (unpaired) electrons. The second-order valence-corrected chi connectivity index (χ2v) is 7.11. The molecule has 0 aliphatic rings. The fourth-order valence-corrected chi connectivity index (χ4v) is 2.55. The molecule has 0 saturated heterocycles. The van der Waals surface area contributed by atoms with Crippen LogP contribution in [0.4, 0.5) is 0 Å². The van der Waals surface area contributed by atoms with E-state index in [-0.39, 0.29) is 0 Å². The van der Waals surface area contributed by atoms with Crippen molar-refractivity contribution in [2.75, 3.05) is 0 Å². The van der Waals surface area contributed by atoms with Crippen molar-refractivity contribution in [1.29, 1.82) is 0 Å². The molecule has 0 aliphatic carbocycles. The van der Waals surface area contributed by atoms with E-state index in [0.717, 1.165) is 29.6 Å². The first kappa shape index (κ1) is 17.7. The Morgan fingerprint density at radius 1 is 1.05 bits per heavy atom. The summed E-state index contributed by atoms with van der Waals surface area (Å²) in [6.07, 6.45) is 4.70. The average molecular weight is 309 g/mol. The van der Waals surface area contributed by atoms with Crippen molar-refractivity contribution in [3.05, 3.63) is 40.3 Å². The third-order valence-electron chi connectivity index (χ3n) is 3.57. The molecule has 0 N–H and O–H groups in total. The van der Waals surface area contributed by atoms with Crippen LogP contribution >= 0.6 is 25.3 Å². The SMILES string of the molecule is CC(C)CCc1ccc(CCC(C)C)c(/C(S)=C/S)c1. The lowest BCUT2D eigenvalue weighted by atomic mass is 9.94. The van der Waals surface area contributed by atoms with Gasteiger partial charge in [0.2, 0.25) is 0 Å². The summed E-state index contributed by atoms with van der Waals surface area (Å²) in [5.74, 6) is 1.47. The molecule has 0 atom stereocenters. The van der Waals surface area contributed by atoms with E-state index in [1.165, 1.54) is 29.5 Å². The summed E-state index contributed by atoms with van der Waals surface area (Å²) in [5.41, 5.74) is 4.05. The van der Waals surface area contributed by atoms with Crippen LogP contribution in [0.1, 0.15) is 57.2 Å². The molecule has 112 valence electrons. The summed E-state index contributed by atoms with van der Waals surface area (Å²) in [5, 5.41) is 1.80. The second-order valence-electron chi connectivity index (χ2n) is 6.37. The zero-order valence-electron chi connectivity index (χ0n) is 13.2. The molecular formula is C18H28S2. The summed E-state index contributed by atoms with van der Waals surface area (Å²) in [7, 11) is 0. The average Bonchev–Trinajstić information content (AvgIpc) is 2.42. The van der Waals surface area contributed by atoms with Gasteiger partial charge in [-0.1, -0.05) is 45.9 Å². The molecule has 2 heteroatoms. The monoisotopic (exact) mass is 308 g/mol. The molecule has 20 heavy (non-hydrogen) atoms. The molecule has 0 aromatic heterocycles. The third-order valence-corrected chi connectivity index (χ3v) is 4.41. The molecule has 0 saturated carbocycles. The van der Waals surface area contributed by atoms with Gasteiger partial charge in [-0.3, -0.25) is 0 Å². The van der Waals surface area contributed by atoms with Crippen molar-refractivity contribution in [3.63, 3.8) is 0 Å². The van der Waals surface area contributed by atoms with Crippen molar-refractivity contribution in [1.82, 2.24) is 0 Å². The predicted molar refractivity (Wildman–Crippen MR) is 98.7 cm³/mol. The van der Waals surface area contributed by atoms with E-state index in [1.807, 2.05) is 0 Å². The molecular weight excluding hydrogens is 280 g/mol. The first-order valence-electron chi connectivity index (χ1n) is 7.59. The van der Waals surface area contributed by atoms with Crippen molar-refractivity contribution in [2.24, 2.45) is 11.8 Å². The number of benzene rings is 1. The van der Waals surface area contributed by atoms with Gasteiger partial charge in [-0.25, -0.2) is 0 Å². The fraction of sp³-hybridized carbons (Fsp3) is 0.556. The number of hydrogen-bond donors (Lipinski definition) is 2. The molecule has 0 heterocycles. The van der Waals surface area contributed by atoms with Gasteiger partial charge in [0.25, 0.3) is 0 Å². The largest absolute Gasteiger partial charge is 0.150 e. The first-order chi connectivity index (χ1) is 9.43. The Morgan fingerprint density at radius 2 is 1.65 bits per heavy atom. The van der Waals surface area contributed by atoms with Crippen molar-refractivity contribution >= 4 is 30.2 Å². The van der Waals surface area contributed by atoms with E-state index in [0.29, 0.717) is 0 Å². The zero-order valence-corrected chi connectivity index (χ0v) is 15.0. The Bertz CT molecular complexity index is 445. The van der Waals surface area contributed by atoms with Crippen molar-refractivity contribution in [3.8, 4) is 0 Å². The van der Waals surface area contributed by atoms with E-state index in [4.69, 9.17) is 0 Å². The summed E-state index contributed by atoms with van der Waals surface area (Å²) < 4.78 is 0. The molecule has 0 fully saturated rings. The lowest BCUT2D eigenvalue weighted by Gasteiger charge is -2.13. The van der Waals surface area contributed by atoms with Gasteiger partial charge >= 0.3 is 0 Å². The van der Waals surface area contributed by atoms with Gasteiger partial charge < -0.3 is 0 Å².